The second-order valence-electron chi connectivity index (χ2n) is 9.27. The molecule has 1 aromatic heterocycles. The molecule has 0 unspecified atom stereocenters. The van der Waals surface area contributed by atoms with Crippen molar-refractivity contribution in [3.05, 3.63) is 11.4 Å². The van der Waals surface area contributed by atoms with Crippen molar-refractivity contribution in [2.24, 2.45) is 17.8 Å². The van der Waals surface area contributed by atoms with Gasteiger partial charge >= 0.3 is 0 Å². The zero-order valence-electron chi connectivity index (χ0n) is 15.1. The Hall–Kier alpha value is -0.900. The van der Waals surface area contributed by atoms with E-state index in [0.717, 1.165) is 30.6 Å². The van der Waals surface area contributed by atoms with Crippen LogP contribution in [-0.4, -0.2) is 27.1 Å². The lowest BCUT2D eigenvalue weighted by molar-refractivity contribution is 0.332. The summed E-state index contributed by atoms with van der Waals surface area (Å²) >= 11 is 0. The van der Waals surface area contributed by atoms with Gasteiger partial charge in [0.15, 0.2) is 0 Å². The maximum atomic E-state index is 4.49. The third-order valence-corrected chi connectivity index (χ3v) is 5.29. The first-order valence-corrected chi connectivity index (χ1v) is 8.86. The number of rotatable bonds is 2. The highest BCUT2D eigenvalue weighted by molar-refractivity contribution is 5.16. The Kier molecular flexibility index (Phi) is 3.87. The highest BCUT2D eigenvalue weighted by atomic mass is 15.5. The summed E-state index contributed by atoms with van der Waals surface area (Å²) in [5.41, 5.74) is 2.91. The fourth-order valence-corrected chi connectivity index (χ4v) is 4.03. The number of hydrogen-bond acceptors (Lipinski definition) is 3. The van der Waals surface area contributed by atoms with Crippen LogP contribution in [0.3, 0.4) is 0 Å². The molecule has 2 aliphatic carbocycles. The topological polar surface area (TPSA) is 42.7 Å². The summed E-state index contributed by atoms with van der Waals surface area (Å²) in [6.07, 6.45) is 4.85. The number of aryl methyl sites for hydroxylation is 1. The summed E-state index contributed by atoms with van der Waals surface area (Å²) < 4.78 is 2.16. The van der Waals surface area contributed by atoms with Crippen LogP contribution in [0, 0.1) is 17.8 Å². The minimum atomic E-state index is 0.0376. The molecule has 124 valence electrons. The molecule has 0 radical (unpaired) electrons. The van der Waals surface area contributed by atoms with Gasteiger partial charge < -0.3 is 5.32 Å². The molecule has 0 aliphatic heterocycles. The molecule has 1 aromatic rings. The van der Waals surface area contributed by atoms with E-state index in [0.29, 0.717) is 0 Å². The first kappa shape index (κ1) is 16.0. The van der Waals surface area contributed by atoms with Crippen molar-refractivity contribution in [2.45, 2.75) is 78.3 Å². The lowest BCUT2D eigenvalue weighted by Gasteiger charge is -2.22. The van der Waals surface area contributed by atoms with Crippen LogP contribution in [0.4, 0.5) is 0 Å². The Balaban J connectivity index is 1.67. The van der Waals surface area contributed by atoms with Crippen molar-refractivity contribution in [1.82, 2.24) is 20.3 Å². The summed E-state index contributed by atoms with van der Waals surface area (Å²) in [5, 5.41) is 12.6. The van der Waals surface area contributed by atoms with Crippen molar-refractivity contribution >= 4 is 0 Å². The number of aromatic nitrogens is 3. The monoisotopic (exact) mass is 304 g/mol. The first-order valence-electron chi connectivity index (χ1n) is 8.86. The highest BCUT2D eigenvalue weighted by Crippen LogP contribution is 2.52. The molecule has 2 aliphatic rings. The normalized spacial score (nSPS) is 28.5. The Morgan fingerprint density at radius 1 is 1.05 bits per heavy atom. The zero-order chi connectivity index (χ0) is 16.1. The molecule has 1 heterocycles. The van der Waals surface area contributed by atoms with Crippen molar-refractivity contribution in [1.29, 1.82) is 0 Å². The fraction of sp³-hybridized carbons (Fsp3) is 0.889. The Bertz CT molecular complexity index is 532. The number of hydrogen-bond donors (Lipinski definition) is 1. The molecule has 0 spiro atoms. The first-order chi connectivity index (χ1) is 10.2. The highest BCUT2D eigenvalue weighted by Gasteiger charge is 2.49. The average molecular weight is 304 g/mol. The largest absolute Gasteiger partial charge is 0.312 e. The van der Waals surface area contributed by atoms with Gasteiger partial charge in [0.25, 0.3) is 0 Å². The van der Waals surface area contributed by atoms with Crippen LogP contribution in [0.5, 0.6) is 0 Å². The van der Waals surface area contributed by atoms with E-state index in [-0.39, 0.29) is 11.1 Å². The van der Waals surface area contributed by atoms with Gasteiger partial charge in [-0.25, -0.2) is 4.68 Å². The molecule has 3 rings (SSSR count). The smallest absolute Gasteiger partial charge is 0.0859 e. The van der Waals surface area contributed by atoms with Crippen LogP contribution in [0.25, 0.3) is 0 Å². The lowest BCUT2D eigenvalue weighted by Crippen LogP contribution is -2.37. The van der Waals surface area contributed by atoms with Gasteiger partial charge in [0.2, 0.25) is 0 Å². The Morgan fingerprint density at radius 3 is 2.27 bits per heavy atom. The minimum Gasteiger partial charge on any atom is -0.312 e. The van der Waals surface area contributed by atoms with Gasteiger partial charge in [-0.2, -0.15) is 0 Å². The van der Waals surface area contributed by atoms with Crippen LogP contribution in [0.2, 0.25) is 0 Å². The second kappa shape index (κ2) is 5.33. The Labute approximate surface area is 135 Å². The average Bonchev–Trinajstić information content (AvgIpc) is 2.83. The van der Waals surface area contributed by atoms with Crippen LogP contribution in [0.15, 0.2) is 0 Å². The van der Waals surface area contributed by atoms with Crippen LogP contribution in [-0.2, 0) is 18.4 Å². The molecule has 1 N–H and O–H groups in total. The number of nitrogens with zero attached hydrogens (tertiary/aromatic N) is 3. The third kappa shape index (κ3) is 3.22. The van der Waals surface area contributed by atoms with Gasteiger partial charge in [-0.15, -0.1) is 5.10 Å². The molecular formula is C18H32N4. The van der Waals surface area contributed by atoms with Gasteiger partial charge in [-0.1, -0.05) is 5.21 Å². The third-order valence-electron chi connectivity index (χ3n) is 5.29. The zero-order valence-corrected chi connectivity index (χ0v) is 15.1. The summed E-state index contributed by atoms with van der Waals surface area (Å²) in [6.45, 7) is 14.6. The maximum absolute atomic E-state index is 4.49. The van der Waals surface area contributed by atoms with Gasteiger partial charge in [-0.05, 0) is 91.5 Å². The second-order valence-corrected chi connectivity index (χ2v) is 9.27. The predicted molar refractivity (Wildman–Crippen MR) is 89.9 cm³/mol. The van der Waals surface area contributed by atoms with E-state index in [2.05, 4.69) is 61.9 Å². The predicted octanol–water partition coefficient (Wildman–Crippen LogP) is 3.16. The van der Waals surface area contributed by atoms with E-state index < -0.39 is 0 Å². The molecular weight excluding hydrogens is 272 g/mol. The molecule has 1 fully saturated rings. The number of nitrogens with one attached hydrogen (secondary N) is 1. The minimum absolute atomic E-state index is 0.0376. The molecule has 0 saturated heterocycles. The van der Waals surface area contributed by atoms with Gasteiger partial charge in [0.05, 0.1) is 16.9 Å². The molecule has 1 saturated carbocycles. The summed E-state index contributed by atoms with van der Waals surface area (Å²) in [4.78, 5) is 0. The van der Waals surface area contributed by atoms with Crippen LogP contribution < -0.4 is 5.32 Å². The summed E-state index contributed by atoms with van der Waals surface area (Å²) in [7, 11) is 0. The fourth-order valence-electron chi connectivity index (χ4n) is 4.03. The molecule has 22 heavy (non-hydrogen) atoms. The van der Waals surface area contributed by atoms with E-state index in [1.165, 1.54) is 30.8 Å². The van der Waals surface area contributed by atoms with Gasteiger partial charge in [0.1, 0.15) is 0 Å². The molecule has 3 atom stereocenters. The van der Waals surface area contributed by atoms with E-state index in [1.54, 1.807) is 0 Å². The molecule has 0 bridgehead atoms. The molecule has 4 nitrogen and oxygen atoms in total. The number of fused-ring (bicyclic) bond motifs is 2. The van der Waals surface area contributed by atoms with Crippen molar-refractivity contribution in [3.8, 4) is 0 Å². The van der Waals surface area contributed by atoms with Crippen molar-refractivity contribution in [2.75, 3.05) is 6.54 Å². The van der Waals surface area contributed by atoms with E-state index in [9.17, 15) is 0 Å². The van der Waals surface area contributed by atoms with Crippen LogP contribution >= 0.6 is 0 Å². The molecule has 0 amide bonds. The standard InChI is InChI=1S/C18H32N4/c1-17(2,3)19-11-14-12-7-9-15-16(10-8-13(12)14)22(21-20-15)18(4,5)6/h12-14,19H,7-11H2,1-6H3/t12-,13+,14-/m0/s1. The van der Waals surface area contributed by atoms with Crippen molar-refractivity contribution < 1.29 is 0 Å². The van der Waals surface area contributed by atoms with E-state index in [4.69, 9.17) is 0 Å². The Morgan fingerprint density at radius 2 is 1.68 bits per heavy atom. The maximum Gasteiger partial charge on any atom is 0.0859 e. The van der Waals surface area contributed by atoms with E-state index >= 15 is 0 Å². The summed E-state index contributed by atoms with van der Waals surface area (Å²) in [5.74, 6) is 2.69. The van der Waals surface area contributed by atoms with Gasteiger partial charge in [-0.3, -0.25) is 0 Å². The summed E-state index contributed by atoms with van der Waals surface area (Å²) in [6, 6.07) is 0. The SMILES string of the molecule is CC(C)(C)NC[C@@H]1[C@@H]2CCc3c(nnn3C(C)(C)C)CC[C@@H]21. The van der Waals surface area contributed by atoms with Gasteiger partial charge in [0, 0.05) is 5.54 Å². The van der Waals surface area contributed by atoms with Crippen molar-refractivity contribution in [3.63, 3.8) is 0 Å². The van der Waals surface area contributed by atoms with Crippen LogP contribution in [0.1, 0.15) is 65.8 Å². The lowest BCUT2D eigenvalue weighted by atomic mass is 10.00. The molecule has 4 heteroatoms. The quantitative estimate of drug-likeness (QED) is 0.912. The molecule has 0 aromatic carbocycles. The van der Waals surface area contributed by atoms with E-state index in [1.807, 2.05) is 0 Å².